The molecule has 2 amide bonds. The Morgan fingerprint density at radius 1 is 1.15 bits per heavy atom. The number of anilines is 2. The van der Waals surface area contributed by atoms with Crippen molar-refractivity contribution in [3.05, 3.63) is 70.9 Å². The third kappa shape index (κ3) is 5.96. The molecule has 26 heavy (non-hydrogen) atoms. The van der Waals surface area contributed by atoms with Gasteiger partial charge in [-0.15, -0.1) is 0 Å². The lowest BCUT2D eigenvalue weighted by atomic mass is 10.2. The molecule has 132 valence electrons. The van der Waals surface area contributed by atoms with Gasteiger partial charge in [-0.1, -0.05) is 29.8 Å². The molecule has 0 heterocycles. The summed E-state index contributed by atoms with van der Waals surface area (Å²) in [4.78, 5) is 23.2. The second kappa shape index (κ2) is 9.25. The highest BCUT2D eigenvalue weighted by Crippen LogP contribution is 2.15. The fourth-order valence-corrected chi connectivity index (χ4v) is 2.20. The van der Waals surface area contributed by atoms with Gasteiger partial charge in [0, 0.05) is 36.1 Å². The van der Waals surface area contributed by atoms with Gasteiger partial charge in [-0.25, -0.2) is 0 Å². The minimum absolute atomic E-state index is 0.0658. The summed E-state index contributed by atoms with van der Waals surface area (Å²) < 4.78 is 0. The predicted molar refractivity (Wildman–Crippen MR) is 101 cm³/mol. The first-order valence-corrected chi connectivity index (χ1v) is 8.13. The summed E-state index contributed by atoms with van der Waals surface area (Å²) in [5.41, 5.74) is 2.05. The highest BCUT2D eigenvalue weighted by Gasteiger charge is 2.08. The molecular formula is C19H17ClN4O2. The Hall–Kier alpha value is -3.30. The van der Waals surface area contributed by atoms with Gasteiger partial charge in [0.1, 0.15) is 11.6 Å². The minimum atomic E-state index is -0.493. The zero-order chi connectivity index (χ0) is 18.9. The summed E-state index contributed by atoms with van der Waals surface area (Å²) in [7, 11) is 0. The molecule has 0 aromatic heterocycles. The Labute approximate surface area is 156 Å². The Kier molecular flexibility index (Phi) is 6.77. The van der Waals surface area contributed by atoms with Crippen molar-refractivity contribution in [1.82, 2.24) is 5.32 Å². The van der Waals surface area contributed by atoms with Crippen LogP contribution in [0.5, 0.6) is 0 Å². The van der Waals surface area contributed by atoms with E-state index in [1.165, 1.54) is 13.1 Å². The van der Waals surface area contributed by atoms with Crippen molar-refractivity contribution in [3.8, 4) is 6.07 Å². The monoisotopic (exact) mass is 368 g/mol. The van der Waals surface area contributed by atoms with Gasteiger partial charge in [-0.3, -0.25) is 9.59 Å². The van der Waals surface area contributed by atoms with Gasteiger partial charge in [0.25, 0.3) is 5.91 Å². The lowest BCUT2D eigenvalue weighted by Crippen LogP contribution is -2.24. The maximum absolute atomic E-state index is 12.1. The maximum atomic E-state index is 12.1. The van der Waals surface area contributed by atoms with Gasteiger partial charge >= 0.3 is 0 Å². The number of rotatable bonds is 6. The molecule has 0 radical (unpaired) electrons. The summed E-state index contributed by atoms with van der Waals surface area (Å²) in [6.45, 7) is 1.70. The number of nitrogens with zero attached hydrogens (tertiary/aromatic N) is 1. The van der Waals surface area contributed by atoms with E-state index in [4.69, 9.17) is 11.6 Å². The van der Waals surface area contributed by atoms with Gasteiger partial charge in [0.05, 0.1) is 0 Å². The van der Waals surface area contributed by atoms with Crippen molar-refractivity contribution >= 4 is 34.8 Å². The number of carbonyl (C=O) groups is 2. The van der Waals surface area contributed by atoms with Gasteiger partial charge in [-0.2, -0.15) is 5.26 Å². The van der Waals surface area contributed by atoms with Crippen LogP contribution in [0.25, 0.3) is 0 Å². The van der Waals surface area contributed by atoms with Crippen LogP contribution in [0.15, 0.2) is 60.3 Å². The number of nitrogens with one attached hydrogen (secondary N) is 3. The number of carbonyl (C=O) groups excluding carboxylic acids is 2. The summed E-state index contributed by atoms with van der Waals surface area (Å²) >= 11 is 5.81. The molecule has 0 saturated carbocycles. The molecule has 0 unspecified atom stereocenters. The standard InChI is InChI=1S/C19H17ClN4O2/c1-13(25)24-18-4-2-3-17(9-18)22-12-15(10-21)19(26)23-11-14-5-7-16(20)8-6-14/h2-9,12,22H,11H2,1H3,(H,23,26)(H,24,25)/b15-12-. The number of halogens is 1. The Morgan fingerprint density at radius 2 is 1.85 bits per heavy atom. The summed E-state index contributed by atoms with van der Waals surface area (Å²) in [5.74, 6) is -0.676. The van der Waals surface area contributed by atoms with Gasteiger partial charge in [0.2, 0.25) is 5.91 Å². The molecule has 6 nitrogen and oxygen atoms in total. The number of benzene rings is 2. The second-order valence-corrected chi connectivity index (χ2v) is 5.82. The van der Waals surface area contributed by atoms with E-state index in [1.54, 1.807) is 48.5 Å². The van der Waals surface area contributed by atoms with E-state index in [9.17, 15) is 14.9 Å². The van der Waals surface area contributed by atoms with E-state index in [-0.39, 0.29) is 18.0 Å². The smallest absolute Gasteiger partial charge is 0.263 e. The van der Waals surface area contributed by atoms with Gasteiger partial charge in [0.15, 0.2) is 0 Å². The van der Waals surface area contributed by atoms with Crippen LogP contribution in [-0.2, 0) is 16.1 Å². The van der Waals surface area contributed by atoms with E-state index < -0.39 is 5.91 Å². The van der Waals surface area contributed by atoms with Crippen molar-refractivity contribution in [3.63, 3.8) is 0 Å². The summed E-state index contributed by atoms with van der Waals surface area (Å²) in [5, 5.41) is 18.0. The molecule has 0 fully saturated rings. The molecule has 2 rings (SSSR count). The van der Waals surface area contributed by atoms with E-state index in [2.05, 4.69) is 16.0 Å². The number of hydrogen-bond acceptors (Lipinski definition) is 4. The predicted octanol–water partition coefficient (Wildman–Crippen LogP) is 3.43. The van der Waals surface area contributed by atoms with E-state index in [1.807, 2.05) is 6.07 Å². The number of amides is 2. The van der Waals surface area contributed by atoms with Crippen LogP contribution in [0.2, 0.25) is 5.02 Å². The Morgan fingerprint density at radius 3 is 2.50 bits per heavy atom. The quantitative estimate of drug-likeness (QED) is 0.537. The zero-order valence-corrected chi connectivity index (χ0v) is 14.8. The van der Waals surface area contributed by atoms with Crippen LogP contribution >= 0.6 is 11.6 Å². The number of hydrogen-bond donors (Lipinski definition) is 3. The highest BCUT2D eigenvalue weighted by atomic mass is 35.5. The molecule has 7 heteroatoms. The minimum Gasteiger partial charge on any atom is -0.360 e. The van der Waals surface area contributed by atoms with Crippen molar-refractivity contribution in [2.75, 3.05) is 10.6 Å². The molecule has 0 saturated heterocycles. The van der Waals surface area contributed by atoms with Crippen molar-refractivity contribution in [2.24, 2.45) is 0 Å². The molecule has 0 bridgehead atoms. The normalized spacial score (nSPS) is 10.6. The Bertz CT molecular complexity index is 870. The maximum Gasteiger partial charge on any atom is 0.263 e. The first-order valence-electron chi connectivity index (χ1n) is 7.75. The van der Waals surface area contributed by atoms with Gasteiger partial charge < -0.3 is 16.0 Å². The first kappa shape index (κ1) is 19.0. The third-order valence-corrected chi connectivity index (χ3v) is 3.55. The largest absolute Gasteiger partial charge is 0.360 e. The first-order chi connectivity index (χ1) is 12.5. The van der Waals surface area contributed by atoms with Gasteiger partial charge in [-0.05, 0) is 35.9 Å². The topological polar surface area (TPSA) is 94.0 Å². The Balaban J connectivity index is 1.98. The van der Waals surface area contributed by atoms with Crippen LogP contribution in [0.1, 0.15) is 12.5 Å². The molecular weight excluding hydrogens is 352 g/mol. The molecule has 0 aliphatic carbocycles. The molecule has 0 aliphatic heterocycles. The highest BCUT2D eigenvalue weighted by molar-refractivity contribution is 6.30. The second-order valence-electron chi connectivity index (χ2n) is 5.39. The van der Waals surface area contributed by atoms with E-state index in [0.29, 0.717) is 16.4 Å². The summed E-state index contributed by atoms with van der Waals surface area (Å²) in [6, 6.07) is 15.8. The van der Waals surface area contributed by atoms with E-state index >= 15 is 0 Å². The zero-order valence-electron chi connectivity index (χ0n) is 14.0. The van der Waals surface area contributed by atoms with Crippen molar-refractivity contribution in [1.29, 1.82) is 5.26 Å². The van der Waals surface area contributed by atoms with Crippen molar-refractivity contribution in [2.45, 2.75) is 13.5 Å². The molecule has 3 N–H and O–H groups in total. The molecule has 0 atom stereocenters. The lowest BCUT2D eigenvalue weighted by molar-refractivity contribution is -0.117. The van der Waals surface area contributed by atoms with Crippen LogP contribution in [0.3, 0.4) is 0 Å². The summed E-state index contributed by atoms with van der Waals surface area (Å²) in [6.07, 6.45) is 1.32. The van der Waals surface area contributed by atoms with Crippen LogP contribution < -0.4 is 16.0 Å². The molecule has 0 aliphatic rings. The van der Waals surface area contributed by atoms with Crippen LogP contribution in [0, 0.1) is 11.3 Å². The average Bonchev–Trinajstić information content (AvgIpc) is 2.61. The van der Waals surface area contributed by atoms with Crippen LogP contribution in [-0.4, -0.2) is 11.8 Å². The van der Waals surface area contributed by atoms with Crippen molar-refractivity contribution < 1.29 is 9.59 Å². The average molecular weight is 369 g/mol. The third-order valence-electron chi connectivity index (χ3n) is 3.30. The SMILES string of the molecule is CC(=O)Nc1cccc(N/C=C(/C#N)C(=O)NCc2ccc(Cl)cc2)c1. The fraction of sp³-hybridized carbons (Fsp3) is 0.105. The number of nitriles is 1. The fourth-order valence-electron chi connectivity index (χ4n) is 2.07. The van der Waals surface area contributed by atoms with Crippen LogP contribution in [0.4, 0.5) is 11.4 Å². The molecule has 2 aromatic carbocycles. The molecule has 0 spiro atoms. The molecule has 2 aromatic rings. The lowest BCUT2D eigenvalue weighted by Gasteiger charge is -2.07. The van der Waals surface area contributed by atoms with E-state index in [0.717, 1.165) is 5.56 Å².